The zero-order valence-corrected chi connectivity index (χ0v) is 12.7. The minimum Gasteiger partial charge on any atom is -0.347 e. The van der Waals surface area contributed by atoms with Crippen molar-refractivity contribution in [3.8, 4) is 0 Å². The average Bonchev–Trinajstić information content (AvgIpc) is 2.53. The molecule has 0 aliphatic heterocycles. The summed E-state index contributed by atoms with van der Waals surface area (Å²) >= 11 is 0. The fraction of sp³-hybridized carbons (Fsp3) is 0.222. The van der Waals surface area contributed by atoms with Gasteiger partial charge in [-0.25, -0.2) is 0 Å². The van der Waals surface area contributed by atoms with Crippen molar-refractivity contribution in [3.63, 3.8) is 0 Å². The SMILES string of the molecule is C/C(=C(/C)N(C)c1ccccc1)N(C)c1ccccc1. The lowest BCUT2D eigenvalue weighted by molar-refractivity contribution is 0.984. The Labute approximate surface area is 122 Å². The van der Waals surface area contributed by atoms with E-state index in [2.05, 4.69) is 86.3 Å². The molecule has 0 saturated carbocycles. The van der Waals surface area contributed by atoms with Crippen LogP contribution in [-0.2, 0) is 0 Å². The van der Waals surface area contributed by atoms with Crippen molar-refractivity contribution in [1.29, 1.82) is 0 Å². The fourth-order valence-electron chi connectivity index (χ4n) is 2.18. The van der Waals surface area contributed by atoms with Gasteiger partial charge in [-0.2, -0.15) is 0 Å². The first kappa shape index (κ1) is 14.2. The van der Waals surface area contributed by atoms with Crippen LogP contribution in [0.1, 0.15) is 13.8 Å². The van der Waals surface area contributed by atoms with Crippen LogP contribution in [0.4, 0.5) is 11.4 Å². The Morgan fingerprint density at radius 1 is 0.600 bits per heavy atom. The molecule has 0 radical (unpaired) electrons. The second kappa shape index (κ2) is 6.29. The highest BCUT2D eigenvalue weighted by Crippen LogP contribution is 2.23. The highest BCUT2D eigenvalue weighted by Gasteiger charge is 2.10. The van der Waals surface area contributed by atoms with E-state index in [1.54, 1.807) is 0 Å². The topological polar surface area (TPSA) is 6.48 Å². The molecule has 2 heteroatoms. The van der Waals surface area contributed by atoms with Crippen LogP contribution in [-0.4, -0.2) is 14.1 Å². The third kappa shape index (κ3) is 3.02. The molecular weight excluding hydrogens is 244 g/mol. The van der Waals surface area contributed by atoms with Gasteiger partial charge >= 0.3 is 0 Å². The Hall–Kier alpha value is -2.22. The summed E-state index contributed by atoms with van der Waals surface area (Å²) in [6.07, 6.45) is 0. The molecule has 0 N–H and O–H groups in total. The Balaban J connectivity index is 2.27. The van der Waals surface area contributed by atoms with Crippen molar-refractivity contribution in [3.05, 3.63) is 72.1 Å². The van der Waals surface area contributed by atoms with E-state index in [0.29, 0.717) is 0 Å². The molecule has 0 atom stereocenters. The van der Waals surface area contributed by atoms with Crippen molar-refractivity contribution in [1.82, 2.24) is 0 Å². The second-order valence-corrected chi connectivity index (χ2v) is 4.96. The predicted molar refractivity (Wildman–Crippen MR) is 88.1 cm³/mol. The molecule has 0 unspecified atom stereocenters. The number of para-hydroxylation sites is 2. The molecule has 2 aromatic carbocycles. The summed E-state index contributed by atoms with van der Waals surface area (Å²) in [7, 11) is 4.21. The Kier molecular flexibility index (Phi) is 4.46. The maximum Gasteiger partial charge on any atom is 0.0406 e. The van der Waals surface area contributed by atoms with Crippen LogP contribution in [0.3, 0.4) is 0 Å². The zero-order chi connectivity index (χ0) is 14.5. The maximum atomic E-state index is 2.22. The minimum absolute atomic E-state index is 1.20. The number of benzene rings is 2. The summed E-state index contributed by atoms with van der Waals surface area (Å²) in [5.41, 5.74) is 4.88. The van der Waals surface area contributed by atoms with Gasteiger partial charge in [-0.1, -0.05) is 36.4 Å². The summed E-state index contributed by atoms with van der Waals surface area (Å²) in [5, 5.41) is 0. The normalized spacial score (nSPS) is 11.8. The van der Waals surface area contributed by atoms with Gasteiger partial charge in [-0.15, -0.1) is 0 Å². The van der Waals surface area contributed by atoms with E-state index in [-0.39, 0.29) is 0 Å². The molecule has 0 amide bonds. The van der Waals surface area contributed by atoms with Crippen LogP contribution in [0.25, 0.3) is 0 Å². The second-order valence-electron chi connectivity index (χ2n) is 4.96. The molecule has 0 saturated heterocycles. The Morgan fingerprint density at radius 3 is 1.20 bits per heavy atom. The number of hydrogen-bond acceptors (Lipinski definition) is 2. The highest BCUT2D eigenvalue weighted by atomic mass is 15.2. The third-order valence-corrected chi connectivity index (χ3v) is 3.82. The van der Waals surface area contributed by atoms with Crippen molar-refractivity contribution >= 4 is 11.4 Å². The first-order valence-corrected chi connectivity index (χ1v) is 6.86. The van der Waals surface area contributed by atoms with E-state index in [1.165, 1.54) is 22.8 Å². The van der Waals surface area contributed by atoms with Gasteiger partial charge in [-0.05, 0) is 38.1 Å². The average molecular weight is 266 g/mol. The van der Waals surface area contributed by atoms with Gasteiger partial charge in [0, 0.05) is 36.9 Å². The van der Waals surface area contributed by atoms with Crippen LogP contribution in [0, 0.1) is 0 Å². The molecule has 0 bridgehead atoms. The van der Waals surface area contributed by atoms with Crippen LogP contribution in [0.2, 0.25) is 0 Å². The quantitative estimate of drug-likeness (QED) is 0.803. The summed E-state index contributed by atoms with van der Waals surface area (Å²) in [4.78, 5) is 4.43. The van der Waals surface area contributed by atoms with Crippen molar-refractivity contribution in [2.75, 3.05) is 23.9 Å². The zero-order valence-electron chi connectivity index (χ0n) is 12.7. The van der Waals surface area contributed by atoms with Crippen molar-refractivity contribution in [2.24, 2.45) is 0 Å². The number of nitrogens with zero attached hydrogens (tertiary/aromatic N) is 2. The van der Waals surface area contributed by atoms with E-state index >= 15 is 0 Å². The summed E-state index contributed by atoms with van der Waals surface area (Å²) in [5.74, 6) is 0. The van der Waals surface area contributed by atoms with Gasteiger partial charge in [0.1, 0.15) is 0 Å². The molecule has 2 nitrogen and oxygen atoms in total. The number of hydrogen-bond donors (Lipinski definition) is 0. The van der Waals surface area contributed by atoms with Crippen molar-refractivity contribution in [2.45, 2.75) is 13.8 Å². The molecule has 104 valence electrons. The number of allylic oxidation sites excluding steroid dienone is 2. The number of anilines is 2. The molecule has 0 fully saturated rings. The monoisotopic (exact) mass is 266 g/mol. The van der Waals surface area contributed by atoms with Crippen molar-refractivity contribution < 1.29 is 0 Å². The van der Waals surface area contributed by atoms with E-state index in [9.17, 15) is 0 Å². The maximum absolute atomic E-state index is 2.22. The van der Waals surface area contributed by atoms with Gasteiger partial charge in [0.25, 0.3) is 0 Å². The molecular formula is C18H22N2. The fourth-order valence-corrected chi connectivity index (χ4v) is 2.18. The molecule has 20 heavy (non-hydrogen) atoms. The van der Waals surface area contributed by atoms with Crippen LogP contribution in [0.15, 0.2) is 72.1 Å². The molecule has 0 aliphatic rings. The molecule has 0 aliphatic carbocycles. The lowest BCUT2D eigenvalue weighted by atomic mass is 10.2. The smallest absolute Gasteiger partial charge is 0.0406 e. The van der Waals surface area contributed by atoms with Crippen LogP contribution < -0.4 is 9.80 Å². The lowest BCUT2D eigenvalue weighted by Crippen LogP contribution is -2.23. The van der Waals surface area contributed by atoms with E-state index in [1.807, 2.05) is 12.1 Å². The summed E-state index contributed by atoms with van der Waals surface area (Å²) in [6.45, 7) is 4.31. The van der Waals surface area contributed by atoms with E-state index in [4.69, 9.17) is 0 Å². The van der Waals surface area contributed by atoms with E-state index in [0.717, 1.165) is 0 Å². The van der Waals surface area contributed by atoms with Crippen LogP contribution in [0.5, 0.6) is 0 Å². The predicted octanol–water partition coefficient (Wildman–Crippen LogP) is 4.51. The molecule has 2 aromatic rings. The van der Waals surface area contributed by atoms with Gasteiger partial charge in [0.05, 0.1) is 0 Å². The molecule has 0 aromatic heterocycles. The molecule has 0 spiro atoms. The molecule has 0 heterocycles. The Bertz CT molecular complexity index is 519. The van der Waals surface area contributed by atoms with Crippen LogP contribution >= 0.6 is 0 Å². The largest absolute Gasteiger partial charge is 0.347 e. The minimum atomic E-state index is 1.20. The Morgan fingerprint density at radius 2 is 0.900 bits per heavy atom. The standard InChI is InChI=1S/C18H22N2/c1-15(19(3)17-11-7-5-8-12-17)16(2)20(4)18-13-9-6-10-14-18/h5-14H,1-4H3/b16-15+. The molecule has 2 rings (SSSR count). The van der Waals surface area contributed by atoms with E-state index < -0.39 is 0 Å². The first-order chi connectivity index (χ1) is 9.61. The van der Waals surface area contributed by atoms with Gasteiger partial charge in [-0.3, -0.25) is 0 Å². The summed E-state index contributed by atoms with van der Waals surface area (Å²) in [6, 6.07) is 20.8. The third-order valence-electron chi connectivity index (χ3n) is 3.82. The lowest BCUT2D eigenvalue weighted by Gasteiger charge is -2.28. The van der Waals surface area contributed by atoms with Gasteiger partial charge < -0.3 is 9.80 Å². The number of rotatable bonds is 4. The first-order valence-electron chi connectivity index (χ1n) is 6.86. The highest BCUT2D eigenvalue weighted by molar-refractivity contribution is 5.56. The summed E-state index contributed by atoms with van der Waals surface area (Å²) < 4.78 is 0. The van der Waals surface area contributed by atoms with Gasteiger partial charge in [0.2, 0.25) is 0 Å². The van der Waals surface area contributed by atoms with Gasteiger partial charge in [0.15, 0.2) is 0 Å².